The molecule has 24 heavy (non-hydrogen) atoms. The Labute approximate surface area is 143 Å². The second-order valence-electron chi connectivity index (χ2n) is 6.43. The van der Waals surface area contributed by atoms with E-state index in [1.807, 2.05) is 25.1 Å². The molecule has 0 spiro atoms. The summed E-state index contributed by atoms with van der Waals surface area (Å²) in [5, 5.41) is 3.09. The number of aromatic nitrogens is 2. The van der Waals surface area contributed by atoms with Crippen LogP contribution < -0.4 is 10.2 Å². The van der Waals surface area contributed by atoms with Gasteiger partial charge in [0.1, 0.15) is 0 Å². The molecule has 0 unspecified atom stereocenters. The number of hydrogen-bond acceptors (Lipinski definition) is 4. The SMILES string of the molecule is Cc1ccnc(N2CCC[C@@H](C(=O)NCc3ccccc3C)C2)n1. The van der Waals surface area contributed by atoms with E-state index in [0.717, 1.165) is 31.0 Å². The highest BCUT2D eigenvalue weighted by molar-refractivity contribution is 5.79. The van der Waals surface area contributed by atoms with E-state index < -0.39 is 0 Å². The van der Waals surface area contributed by atoms with E-state index in [-0.39, 0.29) is 11.8 Å². The van der Waals surface area contributed by atoms with Crippen LogP contribution in [-0.2, 0) is 11.3 Å². The molecule has 1 fully saturated rings. The van der Waals surface area contributed by atoms with Crippen LogP contribution in [0.3, 0.4) is 0 Å². The first kappa shape index (κ1) is 16.4. The number of aryl methyl sites for hydroxylation is 2. The van der Waals surface area contributed by atoms with Gasteiger partial charge in [0.15, 0.2) is 0 Å². The third-order valence-corrected chi connectivity index (χ3v) is 4.57. The normalized spacial score (nSPS) is 17.6. The first-order valence-corrected chi connectivity index (χ1v) is 8.50. The van der Waals surface area contributed by atoms with Crippen molar-refractivity contribution in [1.82, 2.24) is 15.3 Å². The molecule has 2 heterocycles. The summed E-state index contributed by atoms with van der Waals surface area (Å²) >= 11 is 0. The number of rotatable bonds is 4. The maximum absolute atomic E-state index is 12.5. The summed E-state index contributed by atoms with van der Waals surface area (Å²) in [6.07, 6.45) is 3.68. The zero-order valence-electron chi connectivity index (χ0n) is 14.3. The molecule has 5 nitrogen and oxygen atoms in total. The van der Waals surface area contributed by atoms with Crippen molar-refractivity contribution >= 4 is 11.9 Å². The van der Waals surface area contributed by atoms with Gasteiger partial charge >= 0.3 is 0 Å². The van der Waals surface area contributed by atoms with E-state index in [1.165, 1.54) is 11.1 Å². The monoisotopic (exact) mass is 324 g/mol. The van der Waals surface area contributed by atoms with E-state index in [4.69, 9.17) is 0 Å². The maximum atomic E-state index is 12.5. The smallest absolute Gasteiger partial charge is 0.225 e. The van der Waals surface area contributed by atoms with Gasteiger partial charge in [-0.2, -0.15) is 0 Å². The average Bonchev–Trinajstić information content (AvgIpc) is 2.61. The van der Waals surface area contributed by atoms with Crippen LogP contribution in [0.15, 0.2) is 36.5 Å². The zero-order chi connectivity index (χ0) is 16.9. The lowest BCUT2D eigenvalue weighted by atomic mass is 9.97. The van der Waals surface area contributed by atoms with Crippen molar-refractivity contribution in [3.05, 3.63) is 53.3 Å². The van der Waals surface area contributed by atoms with Gasteiger partial charge < -0.3 is 10.2 Å². The molecular weight excluding hydrogens is 300 g/mol. The van der Waals surface area contributed by atoms with Gasteiger partial charge in [-0.1, -0.05) is 24.3 Å². The van der Waals surface area contributed by atoms with Crippen LogP contribution in [0.2, 0.25) is 0 Å². The first-order valence-electron chi connectivity index (χ1n) is 8.50. The van der Waals surface area contributed by atoms with Gasteiger partial charge in [-0.25, -0.2) is 9.97 Å². The fourth-order valence-corrected chi connectivity index (χ4v) is 3.10. The summed E-state index contributed by atoms with van der Waals surface area (Å²) in [7, 11) is 0. The number of piperidine rings is 1. The van der Waals surface area contributed by atoms with Crippen LogP contribution in [-0.4, -0.2) is 29.0 Å². The Morgan fingerprint density at radius 2 is 2.12 bits per heavy atom. The molecule has 1 aromatic carbocycles. The van der Waals surface area contributed by atoms with Gasteiger partial charge in [-0.3, -0.25) is 4.79 Å². The Bertz CT molecular complexity index is 716. The van der Waals surface area contributed by atoms with Crippen LogP contribution in [0.1, 0.15) is 29.7 Å². The highest BCUT2D eigenvalue weighted by Crippen LogP contribution is 2.20. The van der Waals surface area contributed by atoms with Gasteiger partial charge in [-0.05, 0) is 43.9 Å². The molecule has 0 radical (unpaired) electrons. The molecule has 0 bridgehead atoms. The van der Waals surface area contributed by atoms with Gasteiger partial charge in [0, 0.05) is 31.5 Å². The lowest BCUT2D eigenvalue weighted by Crippen LogP contribution is -2.43. The minimum Gasteiger partial charge on any atom is -0.352 e. The fourth-order valence-electron chi connectivity index (χ4n) is 3.10. The predicted molar refractivity (Wildman–Crippen MR) is 94.7 cm³/mol. The number of nitrogens with one attached hydrogen (secondary N) is 1. The minimum absolute atomic E-state index is 0.00752. The number of anilines is 1. The number of hydrogen-bond donors (Lipinski definition) is 1. The summed E-state index contributed by atoms with van der Waals surface area (Å²) in [4.78, 5) is 23.5. The van der Waals surface area contributed by atoms with E-state index in [0.29, 0.717) is 13.1 Å². The standard InChI is InChI=1S/C19H24N4O/c1-14-6-3-4-7-16(14)12-21-18(24)17-8-5-11-23(13-17)19-20-10-9-15(2)22-19/h3-4,6-7,9-10,17H,5,8,11-13H2,1-2H3,(H,21,24)/t17-/m1/s1. The van der Waals surface area contributed by atoms with Crippen LogP contribution in [0.25, 0.3) is 0 Å². The first-order chi connectivity index (χ1) is 11.6. The topological polar surface area (TPSA) is 58.1 Å². The number of nitrogens with zero attached hydrogens (tertiary/aromatic N) is 3. The van der Waals surface area contributed by atoms with E-state index in [1.54, 1.807) is 6.20 Å². The molecule has 1 aromatic heterocycles. The second kappa shape index (κ2) is 7.43. The third kappa shape index (κ3) is 3.91. The number of benzene rings is 1. The van der Waals surface area contributed by atoms with Gasteiger partial charge in [-0.15, -0.1) is 0 Å². The van der Waals surface area contributed by atoms with Crippen LogP contribution in [0.5, 0.6) is 0 Å². The van der Waals surface area contributed by atoms with E-state index in [2.05, 4.69) is 39.2 Å². The molecule has 1 N–H and O–H groups in total. The summed E-state index contributed by atoms with van der Waals surface area (Å²) in [6, 6.07) is 10.0. The Kier molecular flexibility index (Phi) is 5.08. The molecule has 0 saturated carbocycles. The van der Waals surface area contributed by atoms with Crippen LogP contribution >= 0.6 is 0 Å². The van der Waals surface area contributed by atoms with Crippen molar-refractivity contribution in [3.8, 4) is 0 Å². The van der Waals surface area contributed by atoms with Crippen molar-refractivity contribution in [2.24, 2.45) is 5.92 Å². The maximum Gasteiger partial charge on any atom is 0.225 e. The van der Waals surface area contributed by atoms with Crippen molar-refractivity contribution in [3.63, 3.8) is 0 Å². The summed E-state index contributed by atoms with van der Waals surface area (Å²) in [5.74, 6) is 0.842. The predicted octanol–water partition coefficient (Wildman–Crippen LogP) is 2.63. The molecule has 0 aliphatic carbocycles. The minimum atomic E-state index is -0.00752. The lowest BCUT2D eigenvalue weighted by Gasteiger charge is -2.32. The Morgan fingerprint density at radius 1 is 1.29 bits per heavy atom. The summed E-state index contributed by atoms with van der Waals surface area (Å²) in [5.41, 5.74) is 3.32. The fraction of sp³-hybridized carbons (Fsp3) is 0.421. The van der Waals surface area contributed by atoms with Crippen LogP contribution in [0.4, 0.5) is 5.95 Å². The van der Waals surface area contributed by atoms with Crippen LogP contribution in [0, 0.1) is 19.8 Å². The van der Waals surface area contributed by atoms with Gasteiger partial charge in [0.2, 0.25) is 11.9 Å². The highest BCUT2D eigenvalue weighted by atomic mass is 16.1. The number of carbonyl (C=O) groups excluding carboxylic acids is 1. The van der Waals surface area contributed by atoms with Crippen molar-refractivity contribution in [2.45, 2.75) is 33.2 Å². The van der Waals surface area contributed by atoms with Crippen molar-refractivity contribution < 1.29 is 4.79 Å². The molecule has 2 aromatic rings. The molecule has 1 amide bonds. The molecule has 1 saturated heterocycles. The van der Waals surface area contributed by atoms with Crippen molar-refractivity contribution in [2.75, 3.05) is 18.0 Å². The largest absolute Gasteiger partial charge is 0.352 e. The summed E-state index contributed by atoms with van der Waals surface area (Å²) < 4.78 is 0. The van der Waals surface area contributed by atoms with Gasteiger partial charge in [0.25, 0.3) is 0 Å². The molecule has 1 atom stereocenters. The lowest BCUT2D eigenvalue weighted by molar-refractivity contribution is -0.125. The molecule has 126 valence electrons. The molecule has 3 rings (SSSR count). The zero-order valence-corrected chi connectivity index (χ0v) is 14.3. The van der Waals surface area contributed by atoms with Crippen molar-refractivity contribution in [1.29, 1.82) is 0 Å². The molecule has 5 heteroatoms. The van der Waals surface area contributed by atoms with E-state index >= 15 is 0 Å². The van der Waals surface area contributed by atoms with E-state index in [9.17, 15) is 4.79 Å². The Morgan fingerprint density at radius 3 is 2.92 bits per heavy atom. The molecule has 1 aliphatic rings. The van der Waals surface area contributed by atoms with Gasteiger partial charge in [0.05, 0.1) is 5.92 Å². The Balaban J connectivity index is 1.60. The number of carbonyl (C=O) groups is 1. The third-order valence-electron chi connectivity index (χ3n) is 4.57. The number of amides is 1. The Hall–Kier alpha value is -2.43. The average molecular weight is 324 g/mol. The second-order valence-corrected chi connectivity index (χ2v) is 6.43. The molecule has 1 aliphatic heterocycles. The molecular formula is C19H24N4O. The quantitative estimate of drug-likeness (QED) is 0.939. The summed E-state index contributed by atoms with van der Waals surface area (Å²) in [6.45, 7) is 6.21. The highest BCUT2D eigenvalue weighted by Gasteiger charge is 2.27.